The van der Waals surface area contributed by atoms with Crippen molar-refractivity contribution in [2.75, 3.05) is 19.1 Å². The number of rotatable bonds is 5. The minimum absolute atomic E-state index is 0.168. The average molecular weight is 265 g/mol. The number of carboxylic acid groups (broad SMARTS) is 1. The van der Waals surface area contributed by atoms with E-state index in [4.69, 9.17) is 9.84 Å². The fourth-order valence-electron chi connectivity index (χ4n) is 1.88. The van der Waals surface area contributed by atoms with Crippen LogP contribution in [0.1, 0.15) is 18.9 Å². The SMILES string of the molecule is COc1ccc(N(C)C(=O)C(C)CC(=O)O)cc1C. The highest BCUT2D eigenvalue weighted by Crippen LogP contribution is 2.24. The van der Waals surface area contributed by atoms with Crippen molar-refractivity contribution < 1.29 is 19.4 Å². The lowest BCUT2D eigenvalue weighted by atomic mass is 10.1. The van der Waals surface area contributed by atoms with E-state index >= 15 is 0 Å². The molecule has 1 aromatic rings. The van der Waals surface area contributed by atoms with Gasteiger partial charge in [-0.3, -0.25) is 9.59 Å². The van der Waals surface area contributed by atoms with Crippen molar-refractivity contribution in [1.82, 2.24) is 0 Å². The number of aliphatic carboxylic acids is 1. The lowest BCUT2D eigenvalue weighted by Gasteiger charge is -2.21. The van der Waals surface area contributed by atoms with Gasteiger partial charge in [0.25, 0.3) is 0 Å². The minimum atomic E-state index is -0.972. The van der Waals surface area contributed by atoms with E-state index in [2.05, 4.69) is 0 Å². The number of carbonyl (C=O) groups is 2. The number of anilines is 1. The molecule has 1 atom stereocenters. The summed E-state index contributed by atoms with van der Waals surface area (Å²) in [5.74, 6) is -0.986. The van der Waals surface area contributed by atoms with Gasteiger partial charge in [0.05, 0.1) is 13.5 Å². The zero-order valence-corrected chi connectivity index (χ0v) is 11.6. The van der Waals surface area contributed by atoms with Crippen LogP contribution in [0, 0.1) is 12.8 Å². The van der Waals surface area contributed by atoms with E-state index in [1.807, 2.05) is 13.0 Å². The number of ether oxygens (including phenoxy) is 1. The van der Waals surface area contributed by atoms with Crippen molar-refractivity contribution in [2.24, 2.45) is 5.92 Å². The number of carbonyl (C=O) groups excluding carboxylic acids is 1. The number of aryl methyl sites for hydroxylation is 1. The lowest BCUT2D eigenvalue weighted by Crippen LogP contribution is -2.32. The summed E-state index contributed by atoms with van der Waals surface area (Å²) in [6.07, 6.45) is -0.168. The maximum Gasteiger partial charge on any atom is 0.304 e. The van der Waals surface area contributed by atoms with Crippen molar-refractivity contribution in [3.05, 3.63) is 23.8 Å². The number of hydrogen-bond donors (Lipinski definition) is 1. The standard InChI is InChI=1S/C14H19NO4/c1-9-7-11(5-6-12(9)19-4)15(3)14(18)10(2)8-13(16)17/h5-7,10H,8H2,1-4H3,(H,16,17). The summed E-state index contributed by atoms with van der Waals surface area (Å²) in [5, 5.41) is 8.71. The third-order valence-corrected chi connectivity index (χ3v) is 3.00. The van der Waals surface area contributed by atoms with Crippen LogP contribution in [0.5, 0.6) is 5.75 Å². The molecule has 5 heteroatoms. The molecule has 0 aliphatic rings. The number of nitrogens with zero attached hydrogens (tertiary/aromatic N) is 1. The van der Waals surface area contributed by atoms with Gasteiger partial charge in [0.1, 0.15) is 5.75 Å². The van der Waals surface area contributed by atoms with Gasteiger partial charge in [0.15, 0.2) is 0 Å². The van der Waals surface area contributed by atoms with Gasteiger partial charge in [-0.05, 0) is 30.7 Å². The molecule has 0 aliphatic carbocycles. The fourth-order valence-corrected chi connectivity index (χ4v) is 1.88. The van der Waals surface area contributed by atoms with Gasteiger partial charge in [0.2, 0.25) is 5.91 Å². The molecule has 0 radical (unpaired) electrons. The molecule has 0 spiro atoms. The van der Waals surface area contributed by atoms with Crippen LogP contribution in [0.15, 0.2) is 18.2 Å². The first-order valence-electron chi connectivity index (χ1n) is 6.00. The van der Waals surface area contributed by atoms with Crippen molar-refractivity contribution in [3.8, 4) is 5.75 Å². The molecule has 1 rings (SSSR count). The van der Waals surface area contributed by atoms with E-state index in [0.29, 0.717) is 0 Å². The third-order valence-electron chi connectivity index (χ3n) is 3.00. The van der Waals surface area contributed by atoms with Crippen molar-refractivity contribution >= 4 is 17.6 Å². The average Bonchev–Trinajstić information content (AvgIpc) is 2.36. The number of benzene rings is 1. The maximum absolute atomic E-state index is 12.1. The molecule has 1 N–H and O–H groups in total. The first kappa shape index (κ1) is 15.0. The normalized spacial score (nSPS) is 11.8. The van der Waals surface area contributed by atoms with Gasteiger partial charge in [0, 0.05) is 18.7 Å². The zero-order valence-electron chi connectivity index (χ0n) is 11.6. The van der Waals surface area contributed by atoms with Gasteiger partial charge in [-0.1, -0.05) is 6.92 Å². The summed E-state index contributed by atoms with van der Waals surface area (Å²) in [4.78, 5) is 24.2. The Morgan fingerprint density at radius 2 is 2.05 bits per heavy atom. The molecule has 1 unspecified atom stereocenters. The largest absolute Gasteiger partial charge is 0.496 e. The second-order valence-electron chi connectivity index (χ2n) is 4.55. The zero-order chi connectivity index (χ0) is 14.6. The Labute approximate surface area is 112 Å². The molecular formula is C14H19NO4. The van der Waals surface area contributed by atoms with Crippen LogP contribution in [0.25, 0.3) is 0 Å². The van der Waals surface area contributed by atoms with Gasteiger partial charge >= 0.3 is 5.97 Å². The quantitative estimate of drug-likeness (QED) is 0.885. The van der Waals surface area contributed by atoms with Crippen LogP contribution < -0.4 is 9.64 Å². The van der Waals surface area contributed by atoms with E-state index in [0.717, 1.165) is 17.0 Å². The molecule has 5 nitrogen and oxygen atoms in total. The third kappa shape index (κ3) is 3.71. The summed E-state index contributed by atoms with van der Waals surface area (Å²) in [6, 6.07) is 5.40. The van der Waals surface area contributed by atoms with Crippen molar-refractivity contribution in [1.29, 1.82) is 0 Å². The first-order valence-corrected chi connectivity index (χ1v) is 6.00. The molecule has 1 amide bonds. The van der Waals surface area contributed by atoms with E-state index in [9.17, 15) is 9.59 Å². The Bertz CT molecular complexity index is 484. The molecule has 0 fully saturated rings. The summed E-state index contributed by atoms with van der Waals surface area (Å²) < 4.78 is 5.16. The molecule has 19 heavy (non-hydrogen) atoms. The predicted octanol–water partition coefficient (Wildman–Crippen LogP) is 2.08. The van der Waals surface area contributed by atoms with Gasteiger partial charge in [-0.2, -0.15) is 0 Å². The molecule has 1 aromatic carbocycles. The Kier molecular flexibility index (Phi) is 4.92. The molecule has 0 aliphatic heterocycles. The second kappa shape index (κ2) is 6.22. The summed E-state index contributed by atoms with van der Waals surface area (Å²) in [6.45, 7) is 3.50. The van der Waals surface area contributed by atoms with Gasteiger partial charge in [-0.25, -0.2) is 0 Å². The molecule has 104 valence electrons. The number of carboxylic acids is 1. The number of hydrogen-bond acceptors (Lipinski definition) is 3. The number of amides is 1. The molecule has 0 heterocycles. The highest BCUT2D eigenvalue weighted by atomic mass is 16.5. The van der Waals surface area contributed by atoms with Crippen LogP contribution in [0.3, 0.4) is 0 Å². The summed E-state index contributed by atoms with van der Waals surface area (Å²) >= 11 is 0. The summed E-state index contributed by atoms with van der Waals surface area (Å²) in [5.41, 5.74) is 1.64. The smallest absolute Gasteiger partial charge is 0.304 e. The van der Waals surface area contributed by atoms with Crippen LogP contribution in [-0.2, 0) is 9.59 Å². The van der Waals surface area contributed by atoms with Crippen molar-refractivity contribution in [2.45, 2.75) is 20.3 Å². The first-order chi connectivity index (χ1) is 8.86. The Balaban J connectivity index is 2.87. The molecule has 0 saturated heterocycles. The molecule has 0 bridgehead atoms. The molecular weight excluding hydrogens is 246 g/mol. The van der Waals surface area contributed by atoms with E-state index < -0.39 is 11.9 Å². The van der Waals surface area contributed by atoms with Crippen molar-refractivity contribution in [3.63, 3.8) is 0 Å². The minimum Gasteiger partial charge on any atom is -0.496 e. The Hall–Kier alpha value is -2.04. The topological polar surface area (TPSA) is 66.8 Å². The molecule has 0 aromatic heterocycles. The molecule has 0 saturated carbocycles. The Morgan fingerprint density at radius 3 is 2.53 bits per heavy atom. The van der Waals surface area contributed by atoms with Crippen LogP contribution in [0.4, 0.5) is 5.69 Å². The fraction of sp³-hybridized carbons (Fsp3) is 0.429. The maximum atomic E-state index is 12.1. The monoisotopic (exact) mass is 265 g/mol. The van der Waals surface area contributed by atoms with Gasteiger partial charge in [-0.15, -0.1) is 0 Å². The van der Waals surface area contributed by atoms with Crippen LogP contribution in [0.2, 0.25) is 0 Å². The highest BCUT2D eigenvalue weighted by molar-refractivity contribution is 5.96. The lowest BCUT2D eigenvalue weighted by molar-refractivity contribution is -0.140. The Morgan fingerprint density at radius 1 is 1.42 bits per heavy atom. The van der Waals surface area contributed by atoms with Crippen LogP contribution in [-0.4, -0.2) is 31.1 Å². The van der Waals surface area contributed by atoms with E-state index in [-0.39, 0.29) is 12.3 Å². The number of methoxy groups -OCH3 is 1. The second-order valence-corrected chi connectivity index (χ2v) is 4.55. The van der Waals surface area contributed by atoms with E-state index in [1.165, 1.54) is 4.90 Å². The summed E-state index contributed by atoms with van der Waals surface area (Å²) in [7, 11) is 3.23. The van der Waals surface area contributed by atoms with E-state index in [1.54, 1.807) is 33.2 Å². The van der Waals surface area contributed by atoms with Crippen LogP contribution >= 0.6 is 0 Å². The predicted molar refractivity (Wildman–Crippen MR) is 72.6 cm³/mol. The van der Waals surface area contributed by atoms with Gasteiger partial charge < -0.3 is 14.7 Å². The highest BCUT2D eigenvalue weighted by Gasteiger charge is 2.21.